The summed E-state index contributed by atoms with van der Waals surface area (Å²) in [5.74, 6) is -2.65. The molecule has 0 radical (unpaired) electrons. The zero-order valence-corrected chi connectivity index (χ0v) is 21.9. The van der Waals surface area contributed by atoms with Gasteiger partial charge in [0.25, 0.3) is 5.56 Å². The molecule has 12 nitrogen and oxygen atoms in total. The molecule has 3 amide bonds. The molecule has 0 aliphatic rings. The molecule has 0 spiro atoms. The van der Waals surface area contributed by atoms with E-state index in [1.807, 2.05) is 13.8 Å². The lowest BCUT2D eigenvalue weighted by Gasteiger charge is -2.19. The predicted molar refractivity (Wildman–Crippen MR) is 135 cm³/mol. The van der Waals surface area contributed by atoms with Crippen LogP contribution < -0.4 is 21.5 Å². The number of rotatable bonds is 14. The monoisotopic (exact) mass is 520 g/mol. The molecular formula is C25H36N4O8. The van der Waals surface area contributed by atoms with Crippen LogP contribution in [0.1, 0.15) is 47.0 Å². The molecule has 1 rings (SSSR count). The smallest absolute Gasteiger partial charge is 0.330 e. The first kappa shape index (κ1) is 31.1. The second-order valence-electron chi connectivity index (χ2n) is 8.60. The number of hydrogen-bond acceptors (Lipinski definition) is 8. The van der Waals surface area contributed by atoms with E-state index in [2.05, 4.69) is 16.0 Å². The first-order valence-corrected chi connectivity index (χ1v) is 12.0. The third-order valence-corrected chi connectivity index (χ3v) is 4.98. The number of carbonyl (C=O) groups excluding carboxylic acids is 5. The van der Waals surface area contributed by atoms with Crippen LogP contribution in [-0.4, -0.2) is 60.0 Å². The van der Waals surface area contributed by atoms with Gasteiger partial charge in [-0.05, 0) is 44.2 Å². The quantitative estimate of drug-likeness (QED) is 0.241. The van der Waals surface area contributed by atoms with Gasteiger partial charge in [-0.3, -0.25) is 19.2 Å². The number of allylic oxidation sites excluding steroid dienone is 1. The van der Waals surface area contributed by atoms with E-state index in [9.17, 15) is 28.8 Å². The van der Waals surface area contributed by atoms with Crippen molar-refractivity contribution in [1.82, 2.24) is 15.2 Å². The lowest BCUT2D eigenvalue weighted by atomic mass is 10.0. The van der Waals surface area contributed by atoms with Crippen LogP contribution >= 0.6 is 0 Å². The Morgan fingerprint density at radius 2 is 1.81 bits per heavy atom. The highest BCUT2D eigenvalue weighted by Crippen LogP contribution is 2.07. The van der Waals surface area contributed by atoms with Crippen LogP contribution in [0, 0.1) is 5.92 Å². The third-order valence-electron chi connectivity index (χ3n) is 4.98. The van der Waals surface area contributed by atoms with Crippen molar-refractivity contribution in [2.75, 3.05) is 19.0 Å². The van der Waals surface area contributed by atoms with Gasteiger partial charge in [-0.15, -0.1) is 0 Å². The van der Waals surface area contributed by atoms with E-state index in [0.717, 1.165) is 4.57 Å². The van der Waals surface area contributed by atoms with E-state index >= 15 is 0 Å². The summed E-state index contributed by atoms with van der Waals surface area (Å²) in [6.07, 6.45) is 4.94. The maximum Gasteiger partial charge on any atom is 0.330 e. The average molecular weight is 521 g/mol. The zero-order valence-electron chi connectivity index (χ0n) is 21.9. The van der Waals surface area contributed by atoms with E-state index in [1.54, 1.807) is 6.92 Å². The number of nitrogens with one attached hydrogen (secondary N) is 3. The van der Waals surface area contributed by atoms with Crippen molar-refractivity contribution in [2.24, 2.45) is 5.92 Å². The van der Waals surface area contributed by atoms with Gasteiger partial charge < -0.3 is 30.0 Å². The molecule has 1 aromatic rings. The lowest BCUT2D eigenvalue weighted by Crippen LogP contribution is -2.45. The first-order chi connectivity index (χ1) is 17.5. The molecule has 0 aliphatic heterocycles. The Hall–Kier alpha value is -3.96. The first-order valence-electron chi connectivity index (χ1n) is 12.0. The highest BCUT2D eigenvalue weighted by Gasteiger charge is 2.23. The number of pyridine rings is 1. The molecule has 0 bridgehead atoms. The second kappa shape index (κ2) is 15.9. The van der Waals surface area contributed by atoms with E-state index in [4.69, 9.17) is 9.47 Å². The summed E-state index contributed by atoms with van der Waals surface area (Å²) in [5, 5.41) is 7.57. The minimum Gasteiger partial charge on any atom is -0.467 e. The Morgan fingerprint density at radius 1 is 1.11 bits per heavy atom. The van der Waals surface area contributed by atoms with Crippen molar-refractivity contribution in [2.45, 2.75) is 65.6 Å². The molecule has 37 heavy (non-hydrogen) atoms. The number of anilines is 1. The van der Waals surface area contributed by atoms with Crippen LogP contribution in [0.4, 0.5) is 5.69 Å². The molecule has 0 aliphatic carbocycles. The van der Waals surface area contributed by atoms with E-state index < -0.39 is 47.3 Å². The fourth-order valence-electron chi connectivity index (χ4n) is 3.35. The van der Waals surface area contributed by atoms with Gasteiger partial charge in [-0.1, -0.05) is 19.9 Å². The number of ether oxygens (including phenoxy) is 2. The van der Waals surface area contributed by atoms with Crippen molar-refractivity contribution in [1.29, 1.82) is 0 Å². The Balaban J connectivity index is 2.91. The van der Waals surface area contributed by atoms with Crippen LogP contribution in [0.15, 0.2) is 35.3 Å². The average Bonchev–Trinajstić information content (AvgIpc) is 2.82. The Labute approximate surface area is 215 Å². The van der Waals surface area contributed by atoms with Gasteiger partial charge in [0, 0.05) is 19.2 Å². The normalized spacial score (nSPS) is 12.5. The molecule has 0 unspecified atom stereocenters. The van der Waals surface area contributed by atoms with Crippen molar-refractivity contribution >= 4 is 35.3 Å². The molecule has 1 aromatic heterocycles. The molecule has 204 valence electrons. The Morgan fingerprint density at radius 3 is 2.41 bits per heavy atom. The molecule has 1 heterocycles. The topological polar surface area (TPSA) is 162 Å². The Kier molecular flexibility index (Phi) is 13.4. The summed E-state index contributed by atoms with van der Waals surface area (Å²) in [7, 11) is 1.23. The van der Waals surface area contributed by atoms with Gasteiger partial charge in [0.05, 0.1) is 13.7 Å². The zero-order chi connectivity index (χ0) is 28.0. The maximum absolute atomic E-state index is 12.9. The summed E-state index contributed by atoms with van der Waals surface area (Å²) in [6.45, 7) is 6.57. The molecule has 2 atom stereocenters. The predicted octanol–water partition coefficient (Wildman–Crippen LogP) is 0.895. The fraction of sp³-hybridized carbons (Fsp3) is 0.520. The fourth-order valence-corrected chi connectivity index (χ4v) is 3.35. The van der Waals surface area contributed by atoms with Crippen molar-refractivity contribution < 1.29 is 33.4 Å². The molecule has 12 heteroatoms. The van der Waals surface area contributed by atoms with Crippen LogP contribution in [0.2, 0.25) is 0 Å². The van der Waals surface area contributed by atoms with Gasteiger partial charge in [0.1, 0.15) is 24.3 Å². The van der Waals surface area contributed by atoms with Gasteiger partial charge in [-0.25, -0.2) is 9.59 Å². The lowest BCUT2D eigenvalue weighted by molar-refractivity contribution is -0.145. The molecule has 0 saturated carbocycles. The summed E-state index contributed by atoms with van der Waals surface area (Å²) in [4.78, 5) is 73.1. The summed E-state index contributed by atoms with van der Waals surface area (Å²) >= 11 is 0. The minimum atomic E-state index is -0.974. The molecular weight excluding hydrogens is 484 g/mol. The van der Waals surface area contributed by atoms with Gasteiger partial charge in [0.2, 0.25) is 17.7 Å². The Bertz CT molecular complexity index is 1050. The molecule has 0 saturated heterocycles. The van der Waals surface area contributed by atoms with Crippen LogP contribution in [0.25, 0.3) is 0 Å². The summed E-state index contributed by atoms with van der Waals surface area (Å²) < 4.78 is 10.6. The van der Waals surface area contributed by atoms with E-state index in [-0.39, 0.29) is 37.6 Å². The SMILES string of the molecule is CCOC(=O)/C=C/CC[C@H](NC(C)=O)C(=O)Nc1cccn(CC(=O)N[C@H](CC(C)C)C(=O)OC)c1=O. The standard InChI is InChI=1S/C25H36N4O8/c1-6-37-22(32)12-8-7-10-18(26-17(4)30)23(33)28-19-11-9-13-29(24(19)34)15-21(31)27-20(14-16(2)3)25(35)36-5/h8-9,11-13,16,18,20H,6-7,10,14-15H2,1-5H3,(H,26,30)(H,27,31)(H,28,33)/b12-8+/t18-,20+/m0/s1. The van der Waals surface area contributed by atoms with Crippen molar-refractivity contribution in [3.8, 4) is 0 Å². The van der Waals surface area contributed by atoms with E-state index in [0.29, 0.717) is 6.42 Å². The van der Waals surface area contributed by atoms with Gasteiger partial charge in [0.15, 0.2) is 0 Å². The number of amides is 3. The minimum absolute atomic E-state index is 0.0931. The number of nitrogens with zero attached hydrogens (tertiary/aromatic N) is 1. The summed E-state index contributed by atoms with van der Waals surface area (Å²) in [5.41, 5.74) is -0.738. The number of esters is 2. The highest BCUT2D eigenvalue weighted by molar-refractivity contribution is 5.96. The highest BCUT2D eigenvalue weighted by atomic mass is 16.5. The maximum atomic E-state index is 12.9. The second-order valence-corrected chi connectivity index (χ2v) is 8.60. The summed E-state index contributed by atoms with van der Waals surface area (Å²) in [6, 6.07) is 1.02. The largest absolute Gasteiger partial charge is 0.467 e. The molecule has 0 fully saturated rings. The third kappa shape index (κ3) is 11.5. The van der Waals surface area contributed by atoms with Crippen molar-refractivity contribution in [3.63, 3.8) is 0 Å². The van der Waals surface area contributed by atoms with E-state index in [1.165, 1.54) is 44.5 Å². The van der Waals surface area contributed by atoms with Gasteiger partial charge in [-0.2, -0.15) is 0 Å². The van der Waals surface area contributed by atoms with Crippen LogP contribution in [0.5, 0.6) is 0 Å². The molecule has 3 N–H and O–H groups in total. The van der Waals surface area contributed by atoms with Crippen molar-refractivity contribution in [3.05, 3.63) is 40.8 Å². The van der Waals surface area contributed by atoms with Gasteiger partial charge >= 0.3 is 11.9 Å². The number of aromatic nitrogens is 1. The number of carbonyl (C=O) groups is 5. The number of hydrogen-bond donors (Lipinski definition) is 3. The molecule has 0 aromatic carbocycles. The van der Waals surface area contributed by atoms with Crippen LogP contribution in [-0.2, 0) is 40.0 Å². The van der Waals surface area contributed by atoms with Crippen LogP contribution in [0.3, 0.4) is 0 Å². The number of methoxy groups -OCH3 is 1.